The predicted octanol–water partition coefficient (Wildman–Crippen LogP) is 2.80. The molecule has 0 aromatic heterocycles. The number of methoxy groups -OCH3 is 2. The van der Waals surface area contributed by atoms with E-state index in [-0.39, 0.29) is 24.3 Å². The average Bonchev–Trinajstić information content (AvgIpc) is 2.81. The van der Waals surface area contributed by atoms with Crippen LogP contribution in [0.1, 0.15) is 37.8 Å². The van der Waals surface area contributed by atoms with Crippen LogP contribution in [0.15, 0.2) is 53.5 Å². The Bertz CT molecular complexity index is 945. The van der Waals surface area contributed by atoms with Crippen LogP contribution in [0.2, 0.25) is 0 Å². The van der Waals surface area contributed by atoms with E-state index < -0.39 is 6.04 Å². The van der Waals surface area contributed by atoms with Gasteiger partial charge in [0.1, 0.15) is 6.04 Å². The second-order valence-electron chi connectivity index (χ2n) is 8.12. The zero-order valence-electron chi connectivity index (χ0n) is 19.8. The van der Waals surface area contributed by atoms with E-state index in [9.17, 15) is 9.59 Å². The monoisotopic (exact) mass is 454 g/mol. The number of rotatable bonds is 11. The molecule has 178 valence electrons. The van der Waals surface area contributed by atoms with Gasteiger partial charge in [-0.15, -0.1) is 0 Å². The molecule has 0 radical (unpaired) electrons. The summed E-state index contributed by atoms with van der Waals surface area (Å²) in [4.78, 5) is 29.0. The predicted molar refractivity (Wildman–Crippen MR) is 129 cm³/mol. The Morgan fingerprint density at radius 1 is 1.00 bits per heavy atom. The van der Waals surface area contributed by atoms with Gasteiger partial charge in [0, 0.05) is 19.4 Å². The number of guanidine groups is 1. The highest BCUT2D eigenvalue weighted by Gasteiger charge is 2.20. The molecule has 1 unspecified atom stereocenters. The Kier molecular flexibility index (Phi) is 10.2. The van der Waals surface area contributed by atoms with E-state index in [0.29, 0.717) is 30.3 Å². The van der Waals surface area contributed by atoms with Crippen molar-refractivity contribution < 1.29 is 19.1 Å². The van der Waals surface area contributed by atoms with Gasteiger partial charge in [-0.3, -0.25) is 9.59 Å². The van der Waals surface area contributed by atoms with Crippen molar-refractivity contribution in [1.29, 1.82) is 0 Å². The maximum Gasteiger partial charge on any atom is 0.248 e. The van der Waals surface area contributed by atoms with Crippen molar-refractivity contribution in [2.45, 2.75) is 45.7 Å². The molecule has 0 saturated heterocycles. The van der Waals surface area contributed by atoms with E-state index in [1.165, 1.54) is 0 Å². The normalized spacial score (nSPS) is 12.2. The van der Waals surface area contributed by atoms with Crippen LogP contribution in [0.25, 0.3) is 0 Å². The number of hydrogen-bond donors (Lipinski definition) is 3. The first-order chi connectivity index (χ1) is 15.8. The van der Waals surface area contributed by atoms with E-state index in [2.05, 4.69) is 15.6 Å². The first-order valence-electron chi connectivity index (χ1n) is 11.0. The van der Waals surface area contributed by atoms with E-state index in [1.807, 2.05) is 56.3 Å². The minimum atomic E-state index is -0.700. The summed E-state index contributed by atoms with van der Waals surface area (Å²) in [6.07, 6.45) is 1.43. The second kappa shape index (κ2) is 13.1. The summed E-state index contributed by atoms with van der Waals surface area (Å²) in [5.41, 5.74) is 7.76. The van der Waals surface area contributed by atoms with Crippen molar-refractivity contribution in [3.8, 4) is 11.5 Å². The summed E-state index contributed by atoms with van der Waals surface area (Å²) in [6.45, 7) is 4.37. The smallest absolute Gasteiger partial charge is 0.248 e. The van der Waals surface area contributed by atoms with Crippen LogP contribution >= 0.6 is 0 Å². The van der Waals surface area contributed by atoms with Crippen molar-refractivity contribution in [1.82, 2.24) is 10.6 Å². The van der Waals surface area contributed by atoms with Gasteiger partial charge in [-0.25, -0.2) is 0 Å². The molecule has 33 heavy (non-hydrogen) atoms. The summed E-state index contributed by atoms with van der Waals surface area (Å²) in [5, 5.41) is 5.82. The maximum absolute atomic E-state index is 13.0. The van der Waals surface area contributed by atoms with E-state index in [0.717, 1.165) is 17.5 Å². The summed E-state index contributed by atoms with van der Waals surface area (Å²) in [7, 11) is 3.13. The fraction of sp³-hybridized carbons (Fsp3) is 0.400. The molecule has 4 N–H and O–H groups in total. The second-order valence-corrected chi connectivity index (χ2v) is 8.12. The summed E-state index contributed by atoms with van der Waals surface area (Å²) < 4.78 is 10.6. The van der Waals surface area contributed by atoms with E-state index >= 15 is 0 Å². The molecule has 2 amide bonds. The van der Waals surface area contributed by atoms with Gasteiger partial charge in [0.25, 0.3) is 0 Å². The van der Waals surface area contributed by atoms with Crippen molar-refractivity contribution >= 4 is 17.8 Å². The lowest BCUT2D eigenvalue weighted by atomic mass is 10.1. The van der Waals surface area contributed by atoms with Crippen LogP contribution in [0.3, 0.4) is 0 Å². The Morgan fingerprint density at radius 2 is 1.70 bits per heavy atom. The summed E-state index contributed by atoms with van der Waals surface area (Å²) in [6, 6.07) is 14.3. The molecule has 0 spiro atoms. The fourth-order valence-electron chi connectivity index (χ4n) is 3.18. The maximum atomic E-state index is 13.0. The number of carbonyl (C=O) groups is 2. The standard InChI is InChI=1S/C25H34N4O4/c1-17(2)10-13-23(30)29-25(26)28-20(14-18-8-6-5-7-9-18)24(31)27-16-19-11-12-21(32-3)22(15-19)33-4/h5-9,11-12,15,17,20H,10,13-14,16H2,1-4H3,(H,27,31)(H3,26,28,29,30). The molecule has 2 rings (SSSR count). The molecule has 2 aromatic rings. The van der Waals surface area contributed by atoms with E-state index in [4.69, 9.17) is 15.2 Å². The Morgan fingerprint density at radius 3 is 2.33 bits per heavy atom. The lowest BCUT2D eigenvalue weighted by molar-refractivity contribution is -0.123. The Balaban J connectivity index is 2.09. The largest absolute Gasteiger partial charge is 0.493 e. The molecule has 2 aromatic carbocycles. The van der Waals surface area contributed by atoms with Crippen LogP contribution < -0.4 is 25.8 Å². The van der Waals surface area contributed by atoms with Crippen LogP contribution in [0.5, 0.6) is 11.5 Å². The highest BCUT2D eigenvalue weighted by Crippen LogP contribution is 2.27. The molecule has 0 aliphatic heterocycles. The number of benzene rings is 2. The van der Waals surface area contributed by atoms with Gasteiger partial charge in [0.15, 0.2) is 17.5 Å². The highest BCUT2D eigenvalue weighted by atomic mass is 16.5. The number of amides is 2. The molecule has 8 heteroatoms. The number of carbonyl (C=O) groups excluding carboxylic acids is 2. The number of hydrogen-bond acceptors (Lipinski definition) is 4. The first kappa shape index (κ1) is 25.7. The molecule has 8 nitrogen and oxygen atoms in total. The number of nitrogens with one attached hydrogen (secondary N) is 2. The molecule has 0 heterocycles. The van der Waals surface area contributed by atoms with Gasteiger partial charge in [0.05, 0.1) is 14.2 Å². The minimum absolute atomic E-state index is 0.0639. The lowest BCUT2D eigenvalue weighted by Crippen LogP contribution is -2.50. The molecule has 0 saturated carbocycles. The fourth-order valence-corrected chi connectivity index (χ4v) is 3.18. The van der Waals surface area contributed by atoms with E-state index in [1.54, 1.807) is 20.3 Å². The van der Waals surface area contributed by atoms with Gasteiger partial charge in [0.2, 0.25) is 11.8 Å². The topological polar surface area (TPSA) is 115 Å². The highest BCUT2D eigenvalue weighted by molar-refractivity contribution is 5.95. The average molecular weight is 455 g/mol. The van der Waals surface area contributed by atoms with Crippen LogP contribution in [0.4, 0.5) is 0 Å². The molecule has 0 aliphatic carbocycles. The first-order valence-corrected chi connectivity index (χ1v) is 11.0. The third-order valence-electron chi connectivity index (χ3n) is 5.02. The van der Waals surface area contributed by atoms with Crippen LogP contribution in [-0.4, -0.2) is 38.0 Å². The molecule has 0 fully saturated rings. The zero-order valence-corrected chi connectivity index (χ0v) is 19.8. The van der Waals surface area contributed by atoms with Crippen molar-refractivity contribution in [2.75, 3.05) is 14.2 Å². The molecular weight excluding hydrogens is 420 g/mol. The number of ether oxygens (including phenoxy) is 2. The molecular formula is C25H34N4O4. The minimum Gasteiger partial charge on any atom is -0.493 e. The lowest BCUT2D eigenvalue weighted by Gasteiger charge is -2.19. The van der Waals surface area contributed by atoms with Crippen LogP contribution in [-0.2, 0) is 22.6 Å². The van der Waals surface area contributed by atoms with Gasteiger partial charge >= 0.3 is 0 Å². The Hall–Kier alpha value is -3.55. The van der Waals surface area contributed by atoms with Crippen molar-refractivity contribution in [3.05, 3.63) is 59.7 Å². The zero-order chi connectivity index (χ0) is 24.2. The van der Waals surface area contributed by atoms with Crippen molar-refractivity contribution in [2.24, 2.45) is 16.6 Å². The van der Waals surface area contributed by atoms with Crippen LogP contribution in [0, 0.1) is 5.92 Å². The van der Waals surface area contributed by atoms with Gasteiger partial charge in [-0.05, 0) is 35.6 Å². The summed E-state index contributed by atoms with van der Waals surface area (Å²) in [5.74, 6) is 0.957. The summed E-state index contributed by atoms with van der Waals surface area (Å²) >= 11 is 0. The number of nitrogens with zero attached hydrogens (tertiary/aromatic N) is 1. The van der Waals surface area contributed by atoms with Crippen molar-refractivity contribution in [3.63, 3.8) is 0 Å². The number of aliphatic imine (C=N–C) groups is 1. The van der Waals surface area contributed by atoms with Gasteiger partial charge in [-0.1, -0.05) is 50.2 Å². The van der Waals surface area contributed by atoms with Gasteiger partial charge in [-0.2, -0.15) is 4.99 Å². The SMILES string of the molecule is COc1ccc(CNC(=O)C(Cc2ccccc2)NC(N)=NC(=O)CCC(C)C)cc1OC. The quantitative estimate of drug-likeness (QED) is 0.355. The molecule has 0 bridgehead atoms. The third-order valence-corrected chi connectivity index (χ3v) is 5.02. The molecule has 1 atom stereocenters. The molecule has 0 aliphatic rings. The third kappa shape index (κ3) is 8.84. The van der Waals surface area contributed by atoms with Gasteiger partial charge < -0.3 is 25.8 Å². The Labute approximate surface area is 195 Å². The number of nitrogens with two attached hydrogens (primary N) is 1.